The lowest BCUT2D eigenvalue weighted by Gasteiger charge is -2.28. The quantitative estimate of drug-likeness (QED) is 0.833. The van der Waals surface area contributed by atoms with Crippen LogP contribution in [0.25, 0.3) is 0 Å². The summed E-state index contributed by atoms with van der Waals surface area (Å²) in [6.45, 7) is 5.64. The first-order chi connectivity index (χ1) is 10.3. The fourth-order valence-electron chi connectivity index (χ4n) is 3.04. The van der Waals surface area contributed by atoms with Gasteiger partial charge in [0.1, 0.15) is 6.54 Å². The average molecular weight is 292 g/mol. The van der Waals surface area contributed by atoms with Crippen LogP contribution < -0.4 is 14.4 Å². The number of nitrogens with one attached hydrogen (secondary N) is 1. The van der Waals surface area contributed by atoms with Crippen LogP contribution in [0.3, 0.4) is 0 Å². The van der Waals surface area contributed by atoms with Crippen molar-refractivity contribution in [3.8, 4) is 11.5 Å². The molecule has 0 aromatic heterocycles. The molecular weight excluding hydrogens is 270 g/mol. The SMILES string of the molecule is CCOC(=O)C1CC[NH+](Cc2ccc3c(c2)OCO3)CC1. The molecular formula is C16H22NO4+. The molecule has 1 aromatic rings. The molecule has 1 fully saturated rings. The molecule has 0 atom stereocenters. The number of quaternary nitrogens is 1. The normalized spacial score (nSPS) is 23.9. The van der Waals surface area contributed by atoms with E-state index in [2.05, 4.69) is 12.1 Å². The minimum atomic E-state index is -0.0281. The van der Waals surface area contributed by atoms with E-state index in [4.69, 9.17) is 14.2 Å². The van der Waals surface area contributed by atoms with Crippen LogP contribution in [0.1, 0.15) is 25.3 Å². The molecule has 0 unspecified atom stereocenters. The predicted molar refractivity (Wildman–Crippen MR) is 76.3 cm³/mol. The zero-order valence-electron chi connectivity index (χ0n) is 12.4. The zero-order valence-corrected chi connectivity index (χ0v) is 12.4. The monoisotopic (exact) mass is 292 g/mol. The van der Waals surface area contributed by atoms with Crippen molar-refractivity contribution in [1.82, 2.24) is 0 Å². The Morgan fingerprint density at radius 3 is 2.81 bits per heavy atom. The molecule has 1 saturated heterocycles. The first kappa shape index (κ1) is 14.2. The zero-order chi connectivity index (χ0) is 14.7. The molecule has 2 aliphatic heterocycles. The topological polar surface area (TPSA) is 49.2 Å². The van der Waals surface area contributed by atoms with Crippen molar-refractivity contribution in [3.05, 3.63) is 23.8 Å². The van der Waals surface area contributed by atoms with Crippen LogP contribution in [0.15, 0.2) is 18.2 Å². The fraction of sp³-hybridized carbons (Fsp3) is 0.562. The van der Waals surface area contributed by atoms with Gasteiger partial charge >= 0.3 is 5.97 Å². The highest BCUT2D eigenvalue weighted by Crippen LogP contribution is 2.32. The maximum atomic E-state index is 11.7. The van der Waals surface area contributed by atoms with Gasteiger partial charge in [0.2, 0.25) is 6.79 Å². The Kier molecular flexibility index (Phi) is 4.29. The van der Waals surface area contributed by atoms with Crippen molar-refractivity contribution in [2.75, 3.05) is 26.5 Å². The number of rotatable bonds is 4. The maximum Gasteiger partial charge on any atom is 0.309 e. The molecule has 2 aliphatic rings. The third-order valence-corrected chi connectivity index (χ3v) is 4.20. The van der Waals surface area contributed by atoms with Gasteiger partial charge in [-0.05, 0) is 25.1 Å². The molecule has 2 heterocycles. The van der Waals surface area contributed by atoms with E-state index in [0.717, 1.165) is 44.0 Å². The second-order valence-corrected chi connectivity index (χ2v) is 5.64. The highest BCUT2D eigenvalue weighted by molar-refractivity contribution is 5.72. The van der Waals surface area contributed by atoms with Gasteiger partial charge in [0.25, 0.3) is 0 Å². The lowest BCUT2D eigenvalue weighted by atomic mass is 9.96. The molecule has 0 saturated carbocycles. The molecule has 114 valence electrons. The van der Waals surface area contributed by atoms with Crippen molar-refractivity contribution in [1.29, 1.82) is 0 Å². The molecule has 0 amide bonds. The van der Waals surface area contributed by atoms with Gasteiger partial charge < -0.3 is 19.1 Å². The van der Waals surface area contributed by atoms with E-state index in [1.807, 2.05) is 13.0 Å². The van der Waals surface area contributed by atoms with Crippen LogP contribution in [0, 0.1) is 5.92 Å². The summed E-state index contributed by atoms with van der Waals surface area (Å²) in [4.78, 5) is 13.2. The number of carbonyl (C=O) groups is 1. The van der Waals surface area contributed by atoms with E-state index < -0.39 is 0 Å². The summed E-state index contributed by atoms with van der Waals surface area (Å²) in [6.07, 6.45) is 1.83. The van der Waals surface area contributed by atoms with Crippen molar-refractivity contribution in [2.24, 2.45) is 5.92 Å². The molecule has 21 heavy (non-hydrogen) atoms. The lowest BCUT2D eigenvalue weighted by Crippen LogP contribution is -3.11. The summed E-state index contributed by atoms with van der Waals surface area (Å²) in [5, 5.41) is 0. The molecule has 0 spiro atoms. The average Bonchev–Trinajstić information content (AvgIpc) is 2.96. The van der Waals surface area contributed by atoms with Crippen LogP contribution in [0.5, 0.6) is 11.5 Å². The molecule has 0 bridgehead atoms. The minimum Gasteiger partial charge on any atom is -0.466 e. The number of likely N-dealkylation sites (tertiary alicyclic amines) is 1. The summed E-state index contributed by atoms with van der Waals surface area (Å²) in [6, 6.07) is 6.13. The van der Waals surface area contributed by atoms with Crippen LogP contribution in [-0.2, 0) is 16.1 Å². The predicted octanol–water partition coefficient (Wildman–Crippen LogP) is 0.773. The van der Waals surface area contributed by atoms with Gasteiger partial charge in [-0.2, -0.15) is 0 Å². The van der Waals surface area contributed by atoms with E-state index >= 15 is 0 Å². The van der Waals surface area contributed by atoms with E-state index in [9.17, 15) is 4.79 Å². The first-order valence-electron chi connectivity index (χ1n) is 7.65. The summed E-state index contributed by atoms with van der Waals surface area (Å²) in [7, 11) is 0. The number of benzene rings is 1. The fourth-order valence-corrected chi connectivity index (χ4v) is 3.04. The number of hydrogen-bond acceptors (Lipinski definition) is 4. The number of hydrogen-bond donors (Lipinski definition) is 1. The Balaban J connectivity index is 1.52. The highest BCUT2D eigenvalue weighted by Gasteiger charge is 2.28. The summed E-state index contributed by atoms with van der Waals surface area (Å²) >= 11 is 0. The molecule has 1 N–H and O–H groups in total. The Bertz CT molecular complexity index is 509. The number of esters is 1. The number of fused-ring (bicyclic) bond motifs is 1. The molecule has 3 rings (SSSR count). The standard InChI is InChI=1S/C16H21NO4/c1-2-19-16(18)13-5-7-17(8-6-13)10-12-3-4-14-15(9-12)21-11-20-14/h3-4,9,13H,2,5-8,10-11H2,1H3/p+1. The van der Waals surface area contributed by atoms with Gasteiger partial charge in [0.05, 0.1) is 25.6 Å². The molecule has 5 nitrogen and oxygen atoms in total. The Hall–Kier alpha value is -1.75. The van der Waals surface area contributed by atoms with Crippen LogP contribution in [-0.4, -0.2) is 32.5 Å². The summed E-state index contributed by atoms with van der Waals surface area (Å²) in [5.41, 5.74) is 1.25. The minimum absolute atomic E-state index is 0.0281. The van der Waals surface area contributed by atoms with Gasteiger partial charge in [0, 0.05) is 18.4 Å². The third-order valence-electron chi connectivity index (χ3n) is 4.20. The van der Waals surface area contributed by atoms with E-state index in [1.165, 1.54) is 10.5 Å². The summed E-state index contributed by atoms with van der Waals surface area (Å²) in [5.74, 6) is 1.73. The maximum absolute atomic E-state index is 11.7. The second-order valence-electron chi connectivity index (χ2n) is 5.64. The lowest BCUT2D eigenvalue weighted by molar-refractivity contribution is -0.919. The van der Waals surface area contributed by atoms with Gasteiger partial charge in [-0.15, -0.1) is 0 Å². The number of piperidine rings is 1. The first-order valence-corrected chi connectivity index (χ1v) is 7.65. The van der Waals surface area contributed by atoms with Gasteiger partial charge in [0.15, 0.2) is 11.5 Å². The number of carbonyl (C=O) groups excluding carboxylic acids is 1. The molecule has 0 aliphatic carbocycles. The third kappa shape index (κ3) is 3.29. The summed E-state index contributed by atoms with van der Waals surface area (Å²) < 4.78 is 15.8. The van der Waals surface area contributed by atoms with Crippen molar-refractivity contribution in [3.63, 3.8) is 0 Å². The van der Waals surface area contributed by atoms with Gasteiger partial charge in [-0.3, -0.25) is 4.79 Å². The van der Waals surface area contributed by atoms with Crippen LogP contribution in [0.4, 0.5) is 0 Å². The number of ether oxygens (including phenoxy) is 3. The Labute approximate surface area is 124 Å². The van der Waals surface area contributed by atoms with Gasteiger partial charge in [-0.25, -0.2) is 0 Å². The second kappa shape index (κ2) is 6.35. The van der Waals surface area contributed by atoms with Crippen molar-refractivity contribution in [2.45, 2.75) is 26.3 Å². The van der Waals surface area contributed by atoms with Crippen molar-refractivity contribution < 1.29 is 23.9 Å². The van der Waals surface area contributed by atoms with E-state index in [-0.39, 0.29) is 11.9 Å². The Morgan fingerprint density at radius 2 is 2.05 bits per heavy atom. The van der Waals surface area contributed by atoms with E-state index in [0.29, 0.717) is 13.4 Å². The Morgan fingerprint density at radius 1 is 1.29 bits per heavy atom. The van der Waals surface area contributed by atoms with E-state index in [1.54, 1.807) is 0 Å². The van der Waals surface area contributed by atoms with Crippen LogP contribution in [0.2, 0.25) is 0 Å². The smallest absolute Gasteiger partial charge is 0.309 e. The van der Waals surface area contributed by atoms with Crippen molar-refractivity contribution >= 4 is 5.97 Å². The molecule has 1 aromatic carbocycles. The molecule has 5 heteroatoms. The van der Waals surface area contributed by atoms with Crippen LogP contribution >= 0.6 is 0 Å². The van der Waals surface area contributed by atoms with Gasteiger partial charge in [-0.1, -0.05) is 0 Å². The molecule has 0 radical (unpaired) electrons. The largest absolute Gasteiger partial charge is 0.466 e. The highest BCUT2D eigenvalue weighted by atomic mass is 16.7.